The summed E-state index contributed by atoms with van der Waals surface area (Å²) in [5.41, 5.74) is -0.0686. The van der Waals surface area contributed by atoms with Gasteiger partial charge in [-0.25, -0.2) is 0 Å². The highest BCUT2D eigenvalue weighted by atomic mass is 32.1. The minimum absolute atomic E-state index is 0.229. The Bertz CT molecular complexity index is 575. The SMILES string of the molecule is C[C@H](NC(=O)c1cccs1)c1ccc(C(F)(F)F)cc1. The zero-order valence-electron chi connectivity index (χ0n) is 10.6. The van der Waals surface area contributed by atoms with Crippen LogP contribution in [0.4, 0.5) is 13.2 Å². The van der Waals surface area contributed by atoms with Crippen molar-refractivity contribution in [3.05, 3.63) is 57.8 Å². The molecule has 0 saturated heterocycles. The van der Waals surface area contributed by atoms with Crippen LogP contribution >= 0.6 is 11.3 Å². The monoisotopic (exact) mass is 299 g/mol. The number of hydrogen-bond acceptors (Lipinski definition) is 2. The molecular weight excluding hydrogens is 287 g/mol. The second-order valence-corrected chi connectivity index (χ2v) is 5.24. The van der Waals surface area contributed by atoms with Crippen molar-refractivity contribution < 1.29 is 18.0 Å². The molecule has 1 atom stereocenters. The molecule has 20 heavy (non-hydrogen) atoms. The number of carbonyl (C=O) groups excluding carboxylic acids is 1. The Morgan fingerprint density at radius 2 is 1.85 bits per heavy atom. The van der Waals surface area contributed by atoms with Crippen molar-refractivity contribution in [3.63, 3.8) is 0 Å². The number of hydrogen-bond donors (Lipinski definition) is 1. The number of rotatable bonds is 3. The third kappa shape index (κ3) is 3.39. The van der Waals surface area contributed by atoms with Crippen molar-refractivity contribution in [1.82, 2.24) is 5.32 Å². The number of halogens is 3. The van der Waals surface area contributed by atoms with Gasteiger partial charge in [0.15, 0.2) is 0 Å². The number of amides is 1. The smallest absolute Gasteiger partial charge is 0.345 e. The summed E-state index contributed by atoms with van der Waals surface area (Å²) in [5, 5.41) is 4.54. The van der Waals surface area contributed by atoms with Crippen LogP contribution < -0.4 is 5.32 Å². The van der Waals surface area contributed by atoms with Crippen molar-refractivity contribution in [1.29, 1.82) is 0 Å². The molecule has 1 heterocycles. The molecule has 0 radical (unpaired) electrons. The molecule has 1 aromatic heterocycles. The molecule has 106 valence electrons. The topological polar surface area (TPSA) is 29.1 Å². The van der Waals surface area contributed by atoms with Crippen LogP contribution in [0.5, 0.6) is 0 Å². The zero-order valence-corrected chi connectivity index (χ0v) is 11.4. The molecule has 0 saturated carbocycles. The Balaban J connectivity index is 2.06. The second-order valence-electron chi connectivity index (χ2n) is 4.29. The molecule has 0 aliphatic heterocycles. The number of benzene rings is 1. The number of carbonyl (C=O) groups is 1. The van der Waals surface area contributed by atoms with Crippen LogP contribution in [0.2, 0.25) is 0 Å². The highest BCUT2D eigenvalue weighted by molar-refractivity contribution is 7.12. The van der Waals surface area contributed by atoms with Gasteiger partial charge < -0.3 is 5.32 Å². The molecule has 1 N–H and O–H groups in total. The summed E-state index contributed by atoms with van der Waals surface area (Å²) < 4.78 is 37.3. The first-order valence-electron chi connectivity index (χ1n) is 5.89. The predicted molar refractivity (Wildman–Crippen MR) is 71.6 cm³/mol. The average Bonchev–Trinajstić information content (AvgIpc) is 2.91. The largest absolute Gasteiger partial charge is 0.416 e. The fourth-order valence-electron chi connectivity index (χ4n) is 1.72. The number of alkyl halides is 3. The van der Waals surface area contributed by atoms with Crippen LogP contribution in [0.3, 0.4) is 0 Å². The number of thiophene rings is 1. The van der Waals surface area contributed by atoms with E-state index in [1.807, 2.05) is 0 Å². The Morgan fingerprint density at radius 1 is 1.20 bits per heavy atom. The normalized spacial score (nSPS) is 13.0. The lowest BCUT2D eigenvalue weighted by molar-refractivity contribution is -0.137. The summed E-state index contributed by atoms with van der Waals surface area (Å²) in [5.74, 6) is -0.229. The first-order valence-corrected chi connectivity index (χ1v) is 6.77. The average molecular weight is 299 g/mol. The Hall–Kier alpha value is -1.82. The van der Waals surface area contributed by atoms with Gasteiger partial charge >= 0.3 is 6.18 Å². The summed E-state index contributed by atoms with van der Waals surface area (Å²) in [6, 6.07) is 7.89. The van der Waals surface area contributed by atoms with E-state index in [4.69, 9.17) is 0 Å². The quantitative estimate of drug-likeness (QED) is 0.901. The van der Waals surface area contributed by atoms with E-state index in [1.165, 1.54) is 23.5 Å². The van der Waals surface area contributed by atoms with E-state index in [0.717, 1.165) is 12.1 Å². The van der Waals surface area contributed by atoms with Crippen LogP contribution in [0.1, 0.15) is 33.8 Å². The number of nitrogens with one attached hydrogen (secondary N) is 1. The van der Waals surface area contributed by atoms with E-state index in [1.54, 1.807) is 24.4 Å². The maximum Gasteiger partial charge on any atom is 0.416 e. The molecule has 2 aromatic rings. The molecule has 6 heteroatoms. The highest BCUT2D eigenvalue weighted by Crippen LogP contribution is 2.29. The minimum Gasteiger partial charge on any atom is -0.345 e. The van der Waals surface area contributed by atoms with Crippen LogP contribution in [0, 0.1) is 0 Å². The van der Waals surface area contributed by atoms with Gasteiger partial charge in [0.1, 0.15) is 0 Å². The lowest BCUT2D eigenvalue weighted by atomic mass is 10.1. The fourth-order valence-corrected chi connectivity index (χ4v) is 2.35. The first-order chi connectivity index (χ1) is 9.38. The van der Waals surface area contributed by atoms with Gasteiger partial charge in [-0.3, -0.25) is 4.79 Å². The van der Waals surface area contributed by atoms with E-state index < -0.39 is 11.7 Å². The van der Waals surface area contributed by atoms with Gasteiger partial charge in [0.05, 0.1) is 16.5 Å². The van der Waals surface area contributed by atoms with Gasteiger partial charge in [0.2, 0.25) is 0 Å². The second kappa shape index (κ2) is 5.66. The van der Waals surface area contributed by atoms with E-state index in [-0.39, 0.29) is 11.9 Å². The minimum atomic E-state index is -4.35. The Morgan fingerprint density at radius 3 is 2.35 bits per heavy atom. The zero-order chi connectivity index (χ0) is 14.8. The first kappa shape index (κ1) is 14.6. The van der Waals surface area contributed by atoms with E-state index in [0.29, 0.717) is 10.4 Å². The van der Waals surface area contributed by atoms with Crippen LogP contribution in [0.25, 0.3) is 0 Å². The summed E-state index contributed by atoms with van der Waals surface area (Å²) in [4.78, 5) is 12.4. The third-order valence-corrected chi connectivity index (χ3v) is 3.70. The molecule has 0 aliphatic carbocycles. The molecule has 0 bridgehead atoms. The van der Waals surface area contributed by atoms with Crippen molar-refractivity contribution in [2.24, 2.45) is 0 Å². The maximum atomic E-state index is 12.4. The standard InChI is InChI=1S/C14H12F3NOS/c1-9(18-13(19)12-3-2-8-20-12)10-4-6-11(7-5-10)14(15,16)17/h2-9H,1H3,(H,18,19)/t9-/m0/s1. The molecule has 1 aromatic carbocycles. The molecular formula is C14H12F3NOS. The van der Waals surface area contributed by atoms with Gasteiger partial charge in [-0.1, -0.05) is 18.2 Å². The van der Waals surface area contributed by atoms with Gasteiger partial charge in [-0.15, -0.1) is 11.3 Å². The van der Waals surface area contributed by atoms with Gasteiger partial charge in [0, 0.05) is 0 Å². The molecule has 0 aliphatic rings. The lowest BCUT2D eigenvalue weighted by Gasteiger charge is -2.15. The Kier molecular flexibility index (Phi) is 4.13. The third-order valence-electron chi connectivity index (χ3n) is 2.83. The van der Waals surface area contributed by atoms with E-state index >= 15 is 0 Å². The van der Waals surface area contributed by atoms with Gasteiger partial charge in [-0.05, 0) is 36.1 Å². The van der Waals surface area contributed by atoms with Crippen molar-refractivity contribution in [3.8, 4) is 0 Å². The van der Waals surface area contributed by atoms with Crippen LogP contribution in [-0.2, 0) is 6.18 Å². The van der Waals surface area contributed by atoms with Crippen molar-refractivity contribution in [2.45, 2.75) is 19.1 Å². The summed E-state index contributed by atoms with van der Waals surface area (Å²) in [7, 11) is 0. The lowest BCUT2D eigenvalue weighted by Crippen LogP contribution is -2.25. The predicted octanol–water partition coefficient (Wildman–Crippen LogP) is 4.26. The summed E-state index contributed by atoms with van der Waals surface area (Å²) in [6.45, 7) is 1.73. The van der Waals surface area contributed by atoms with E-state index in [2.05, 4.69) is 5.32 Å². The molecule has 0 fully saturated rings. The molecule has 1 amide bonds. The highest BCUT2D eigenvalue weighted by Gasteiger charge is 2.30. The molecule has 0 unspecified atom stereocenters. The molecule has 2 rings (SSSR count). The van der Waals surface area contributed by atoms with Crippen molar-refractivity contribution >= 4 is 17.2 Å². The van der Waals surface area contributed by atoms with Crippen LogP contribution in [-0.4, -0.2) is 5.91 Å². The fraction of sp³-hybridized carbons (Fsp3) is 0.214. The molecule has 0 spiro atoms. The Labute approximate surface area is 118 Å². The van der Waals surface area contributed by atoms with E-state index in [9.17, 15) is 18.0 Å². The van der Waals surface area contributed by atoms with Crippen LogP contribution in [0.15, 0.2) is 41.8 Å². The van der Waals surface area contributed by atoms with Gasteiger partial charge in [0.25, 0.3) is 5.91 Å². The van der Waals surface area contributed by atoms with Crippen molar-refractivity contribution in [2.75, 3.05) is 0 Å². The maximum absolute atomic E-state index is 12.4. The van der Waals surface area contributed by atoms with Gasteiger partial charge in [-0.2, -0.15) is 13.2 Å². The summed E-state index contributed by atoms with van der Waals surface area (Å²) in [6.07, 6.45) is -4.35. The summed E-state index contributed by atoms with van der Waals surface area (Å²) >= 11 is 1.31. The molecule has 2 nitrogen and oxygen atoms in total.